The molecule has 5 heavy (non-hydrogen) atoms. The van der Waals surface area contributed by atoms with Crippen LogP contribution in [-0.4, -0.2) is 18.3 Å². The molecule has 0 unspecified atom stereocenters. The van der Waals surface area contributed by atoms with E-state index in [2.05, 4.69) is 0 Å². The first-order valence-electron chi connectivity index (χ1n) is 1.22. The maximum absolute atomic E-state index is 7.75. The summed E-state index contributed by atoms with van der Waals surface area (Å²) < 4.78 is 0. The van der Waals surface area contributed by atoms with E-state index in [0.717, 1.165) is 0 Å². The van der Waals surface area contributed by atoms with Crippen LogP contribution in [-0.2, 0) is 21.7 Å². The minimum absolute atomic E-state index is 0. The van der Waals surface area contributed by atoms with Crippen LogP contribution in [0.1, 0.15) is 0 Å². The van der Waals surface area contributed by atoms with E-state index in [1.165, 1.54) is 0 Å². The van der Waals surface area contributed by atoms with Gasteiger partial charge in [-0.25, -0.2) is 0 Å². The van der Waals surface area contributed by atoms with Crippen LogP contribution in [0.5, 0.6) is 0 Å². The largest absolute Gasteiger partial charge is 0.395 e. The SMILES string of the molecule is NCCO.[Ti]. The molecule has 3 heteroatoms. The number of aliphatic hydroxyl groups excluding tert-OH is 1. The van der Waals surface area contributed by atoms with Gasteiger partial charge >= 0.3 is 0 Å². The zero-order chi connectivity index (χ0) is 3.41. The van der Waals surface area contributed by atoms with E-state index in [-0.39, 0.29) is 28.3 Å². The first-order valence-corrected chi connectivity index (χ1v) is 1.22. The molecule has 30 valence electrons. The van der Waals surface area contributed by atoms with Crippen LogP contribution in [0.4, 0.5) is 0 Å². The molecule has 0 aromatic carbocycles. The topological polar surface area (TPSA) is 46.2 Å². The summed E-state index contributed by atoms with van der Waals surface area (Å²) in [6.07, 6.45) is 0. The summed E-state index contributed by atoms with van der Waals surface area (Å²) in [6, 6.07) is 0. The molecule has 0 saturated heterocycles. The van der Waals surface area contributed by atoms with Gasteiger partial charge in [0.1, 0.15) is 0 Å². The summed E-state index contributed by atoms with van der Waals surface area (Å²) in [5.74, 6) is 0. The van der Waals surface area contributed by atoms with Gasteiger partial charge in [-0.2, -0.15) is 0 Å². The molecular weight excluding hydrogens is 102 g/mol. The Balaban J connectivity index is 0. The molecule has 0 aromatic rings. The second kappa shape index (κ2) is 8.82. The summed E-state index contributed by atoms with van der Waals surface area (Å²) in [5, 5.41) is 7.75. The van der Waals surface area contributed by atoms with Crippen molar-refractivity contribution < 1.29 is 26.8 Å². The van der Waals surface area contributed by atoms with Crippen molar-refractivity contribution in [3.63, 3.8) is 0 Å². The molecule has 0 heterocycles. The second-order valence-electron chi connectivity index (χ2n) is 0.512. The predicted octanol–water partition coefficient (Wildman–Crippen LogP) is -1.07. The quantitative estimate of drug-likeness (QED) is 0.421. The molecule has 0 radical (unpaired) electrons. The van der Waals surface area contributed by atoms with Gasteiger partial charge in [0.25, 0.3) is 0 Å². The van der Waals surface area contributed by atoms with Crippen molar-refractivity contribution >= 4 is 0 Å². The van der Waals surface area contributed by atoms with Gasteiger partial charge in [-0.1, -0.05) is 0 Å². The van der Waals surface area contributed by atoms with Gasteiger partial charge < -0.3 is 10.8 Å². The summed E-state index contributed by atoms with van der Waals surface area (Å²) in [6.45, 7) is 0.472. The second-order valence-corrected chi connectivity index (χ2v) is 0.512. The molecule has 0 bridgehead atoms. The minimum Gasteiger partial charge on any atom is -0.395 e. The fraction of sp³-hybridized carbons (Fsp3) is 1.00. The molecule has 0 saturated carbocycles. The molecule has 0 rings (SSSR count). The number of hydrogen-bond donors (Lipinski definition) is 2. The number of aliphatic hydroxyl groups is 1. The molecule has 0 spiro atoms. The maximum atomic E-state index is 7.75. The van der Waals surface area contributed by atoms with Crippen LogP contribution in [0.25, 0.3) is 0 Å². The summed E-state index contributed by atoms with van der Waals surface area (Å²) in [4.78, 5) is 0. The molecule has 0 aliphatic heterocycles. The zero-order valence-corrected chi connectivity index (χ0v) is 4.50. The van der Waals surface area contributed by atoms with Gasteiger partial charge in [-0.3, -0.25) is 0 Å². The average Bonchev–Trinajstić information content (AvgIpc) is 1.37. The molecule has 0 fully saturated rings. The molecule has 0 aliphatic carbocycles. The van der Waals surface area contributed by atoms with Gasteiger partial charge in [-0.15, -0.1) is 0 Å². The molecule has 2 nitrogen and oxygen atoms in total. The van der Waals surface area contributed by atoms with Crippen molar-refractivity contribution in [2.75, 3.05) is 13.2 Å². The van der Waals surface area contributed by atoms with Gasteiger partial charge in [0.2, 0.25) is 0 Å². The third-order valence-electron chi connectivity index (χ3n) is 0.129. The third-order valence-corrected chi connectivity index (χ3v) is 0.129. The number of nitrogens with two attached hydrogens (primary N) is 1. The van der Waals surface area contributed by atoms with Crippen LogP contribution in [0, 0.1) is 0 Å². The van der Waals surface area contributed by atoms with E-state index in [1.807, 2.05) is 0 Å². The van der Waals surface area contributed by atoms with Gasteiger partial charge in [-0.05, 0) is 0 Å². The van der Waals surface area contributed by atoms with Crippen LogP contribution in [0.3, 0.4) is 0 Å². The Morgan fingerprint density at radius 3 is 1.80 bits per heavy atom. The monoisotopic (exact) mass is 109 g/mol. The van der Waals surface area contributed by atoms with E-state index in [0.29, 0.717) is 6.54 Å². The Morgan fingerprint density at radius 2 is 1.80 bits per heavy atom. The van der Waals surface area contributed by atoms with E-state index in [4.69, 9.17) is 10.8 Å². The first-order chi connectivity index (χ1) is 1.91. The Kier molecular flexibility index (Phi) is 16.2. The predicted molar refractivity (Wildman–Crippen MR) is 16.1 cm³/mol. The van der Waals surface area contributed by atoms with Crippen LogP contribution in [0.2, 0.25) is 0 Å². The van der Waals surface area contributed by atoms with Gasteiger partial charge in [0, 0.05) is 28.3 Å². The van der Waals surface area contributed by atoms with E-state index >= 15 is 0 Å². The zero-order valence-electron chi connectivity index (χ0n) is 2.94. The average molecular weight is 109 g/mol. The van der Waals surface area contributed by atoms with Crippen molar-refractivity contribution in [2.45, 2.75) is 0 Å². The smallest absolute Gasteiger partial charge is 0.0553 e. The molecule has 0 aliphatic rings. The summed E-state index contributed by atoms with van der Waals surface area (Å²) >= 11 is 0. The molecule has 0 atom stereocenters. The van der Waals surface area contributed by atoms with Crippen LogP contribution >= 0.6 is 0 Å². The Hall–Kier alpha value is 0.634. The molecule has 0 aromatic heterocycles. The molecule has 0 amide bonds. The van der Waals surface area contributed by atoms with Crippen LogP contribution in [0.15, 0.2) is 0 Å². The Morgan fingerprint density at radius 1 is 1.60 bits per heavy atom. The summed E-state index contributed by atoms with van der Waals surface area (Å²) in [5.41, 5.74) is 4.78. The number of hydrogen-bond acceptors (Lipinski definition) is 2. The molecular formula is C2H7NOTi. The van der Waals surface area contributed by atoms with Crippen molar-refractivity contribution in [3.8, 4) is 0 Å². The van der Waals surface area contributed by atoms with E-state index in [1.54, 1.807) is 0 Å². The van der Waals surface area contributed by atoms with Crippen molar-refractivity contribution in [3.05, 3.63) is 0 Å². The molecule has 3 N–H and O–H groups in total. The third kappa shape index (κ3) is 12.0. The first kappa shape index (κ1) is 9.16. The van der Waals surface area contributed by atoms with E-state index in [9.17, 15) is 0 Å². The normalized spacial score (nSPS) is 6.00. The minimum atomic E-state index is 0. The van der Waals surface area contributed by atoms with Gasteiger partial charge in [0.05, 0.1) is 6.61 Å². The van der Waals surface area contributed by atoms with Gasteiger partial charge in [0.15, 0.2) is 0 Å². The van der Waals surface area contributed by atoms with E-state index < -0.39 is 0 Å². The Bertz CT molecular complexity index is 11.6. The van der Waals surface area contributed by atoms with Crippen molar-refractivity contribution in [2.24, 2.45) is 5.73 Å². The standard InChI is InChI=1S/C2H7NO.Ti/c3-1-2-4;/h4H,1-3H2;. The number of rotatable bonds is 1. The Labute approximate surface area is 46.2 Å². The maximum Gasteiger partial charge on any atom is 0.0553 e. The van der Waals surface area contributed by atoms with Crippen molar-refractivity contribution in [1.29, 1.82) is 0 Å². The fourth-order valence-electron chi connectivity index (χ4n) is 0. The fourth-order valence-corrected chi connectivity index (χ4v) is 0. The van der Waals surface area contributed by atoms with Crippen LogP contribution < -0.4 is 5.73 Å². The summed E-state index contributed by atoms with van der Waals surface area (Å²) in [7, 11) is 0. The van der Waals surface area contributed by atoms with Crippen molar-refractivity contribution in [1.82, 2.24) is 0 Å².